The van der Waals surface area contributed by atoms with E-state index in [2.05, 4.69) is 37.9 Å². The van der Waals surface area contributed by atoms with Crippen LogP contribution < -0.4 is 15.0 Å². The van der Waals surface area contributed by atoms with E-state index in [0.717, 1.165) is 33.6 Å². The number of hydrogen-bond donors (Lipinski definition) is 0. The van der Waals surface area contributed by atoms with E-state index in [1.807, 2.05) is 35.9 Å². The summed E-state index contributed by atoms with van der Waals surface area (Å²) in [5.74, 6) is 1.37. The summed E-state index contributed by atoms with van der Waals surface area (Å²) in [6.45, 7) is 6.29. The number of aromatic nitrogens is 2. The zero-order valence-electron chi connectivity index (χ0n) is 17.1. The Morgan fingerprint density at radius 3 is 2.14 bits per heavy atom. The lowest BCUT2D eigenvalue weighted by molar-refractivity contribution is 0.355. The van der Waals surface area contributed by atoms with E-state index < -0.39 is 0 Å². The quantitative estimate of drug-likeness (QED) is 0.639. The van der Waals surface area contributed by atoms with E-state index >= 15 is 0 Å². The average molecular weight is 400 g/mol. The molecule has 0 amide bonds. The standard InChI is InChI=1S/C22H25N3O2.ClH/c1-14-9-15(2)22(16(3)10-14)24-21-12-18(23-13-25(21)4)17-7-8-19(26-5)20(11-17)27-6;/h7-13H,1-6H3;1H/b24-21-;. The Labute approximate surface area is 172 Å². The zero-order chi connectivity index (χ0) is 19.6. The van der Waals surface area contributed by atoms with Gasteiger partial charge < -0.3 is 14.0 Å². The van der Waals surface area contributed by atoms with Gasteiger partial charge in [-0.1, -0.05) is 17.7 Å². The third kappa shape index (κ3) is 4.37. The van der Waals surface area contributed by atoms with Crippen LogP contribution in [0.1, 0.15) is 16.7 Å². The Morgan fingerprint density at radius 1 is 0.893 bits per heavy atom. The van der Waals surface area contributed by atoms with Crippen LogP contribution in [-0.4, -0.2) is 23.8 Å². The Kier molecular flexibility index (Phi) is 6.86. The maximum atomic E-state index is 5.41. The summed E-state index contributed by atoms with van der Waals surface area (Å²) in [5.41, 5.74) is 7.19. The fraction of sp³-hybridized carbons (Fsp3) is 0.273. The van der Waals surface area contributed by atoms with Crippen LogP contribution in [0, 0.1) is 20.8 Å². The van der Waals surface area contributed by atoms with Gasteiger partial charge in [-0.15, -0.1) is 12.4 Å². The first kappa shape index (κ1) is 21.5. The smallest absolute Gasteiger partial charge is 0.161 e. The molecule has 0 N–H and O–H groups in total. The lowest BCUT2D eigenvalue weighted by Crippen LogP contribution is -2.18. The number of hydrogen-bond acceptors (Lipinski definition) is 4. The van der Waals surface area contributed by atoms with E-state index in [-0.39, 0.29) is 12.4 Å². The average Bonchev–Trinajstić information content (AvgIpc) is 2.65. The summed E-state index contributed by atoms with van der Waals surface area (Å²) in [6, 6.07) is 12.1. The number of benzene rings is 2. The molecule has 5 nitrogen and oxygen atoms in total. The van der Waals surface area contributed by atoms with Gasteiger partial charge in [-0.05, 0) is 50.1 Å². The van der Waals surface area contributed by atoms with E-state index in [1.54, 1.807) is 20.5 Å². The highest BCUT2D eigenvalue weighted by molar-refractivity contribution is 5.85. The van der Waals surface area contributed by atoms with Crippen LogP contribution in [0.5, 0.6) is 11.5 Å². The molecule has 0 saturated heterocycles. The molecule has 0 bridgehead atoms. The van der Waals surface area contributed by atoms with Crippen LogP contribution in [0.2, 0.25) is 0 Å². The summed E-state index contributed by atoms with van der Waals surface area (Å²) >= 11 is 0. The second kappa shape index (κ2) is 8.93. The van der Waals surface area contributed by atoms with Crippen molar-refractivity contribution in [3.8, 4) is 22.8 Å². The Balaban J connectivity index is 0.00000280. The van der Waals surface area contributed by atoms with Crippen LogP contribution in [0.15, 0.2) is 47.7 Å². The summed E-state index contributed by atoms with van der Waals surface area (Å²) in [7, 11) is 5.20. The molecule has 0 saturated carbocycles. The van der Waals surface area contributed by atoms with E-state index in [0.29, 0.717) is 11.5 Å². The largest absolute Gasteiger partial charge is 0.493 e. The van der Waals surface area contributed by atoms with Gasteiger partial charge in [0.05, 0.1) is 31.9 Å². The maximum Gasteiger partial charge on any atom is 0.161 e. The topological polar surface area (TPSA) is 48.6 Å². The number of nitrogens with zero attached hydrogens (tertiary/aromatic N) is 3. The molecule has 2 aromatic carbocycles. The van der Waals surface area contributed by atoms with Crippen molar-refractivity contribution in [1.82, 2.24) is 9.55 Å². The SMILES string of the molecule is COc1ccc(-c2c/c(=N/c3c(C)cc(C)cc3C)n(C)cn2)cc1OC.Cl. The molecule has 0 atom stereocenters. The molecule has 0 fully saturated rings. The highest BCUT2D eigenvalue weighted by Crippen LogP contribution is 2.31. The minimum atomic E-state index is 0. The van der Waals surface area contributed by atoms with Gasteiger partial charge >= 0.3 is 0 Å². The Bertz CT molecular complexity index is 1030. The van der Waals surface area contributed by atoms with Crippen molar-refractivity contribution in [2.24, 2.45) is 12.0 Å². The monoisotopic (exact) mass is 399 g/mol. The molecule has 3 aromatic rings. The van der Waals surface area contributed by atoms with Crippen LogP contribution in [-0.2, 0) is 7.05 Å². The Morgan fingerprint density at radius 2 is 1.54 bits per heavy atom. The predicted octanol–water partition coefficient (Wildman–Crippen LogP) is 4.68. The molecule has 0 aliphatic rings. The third-order valence-electron chi connectivity index (χ3n) is 4.54. The van der Waals surface area contributed by atoms with Gasteiger partial charge in [0, 0.05) is 18.7 Å². The summed E-state index contributed by atoms with van der Waals surface area (Å²) in [4.78, 5) is 9.46. The number of ether oxygens (including phenoxy) is 2. The van der Waals surface area contributed by atoms with E-state index in [4.69, 9.17) is 14.5 Å². The van der Waals surface area contributed by atoms with Crippen LogP contribution >= 0.6 is 12.4 Å². The zero-order valence-corrected chi connectivity index (χ0v) is 17.9. The van der Waals surface area contributed by atoms with Crippen molar-refractivity contribution >= 4 is 18.1 Å². The first-order valence-corrected chi connectivity index (χ1v) is 8.80. The first-order chi connectivity index (χ1) is 12.9. The van der Waals surface area contributed by atoms with E-state index in [1.165, 1.54) is 5.56 Å². The fourth-order valence-electron chi connectivity index (χ4n) is 3.20. The lowest BCUT2D eigenvalue weighted by Gasteiger charge is -2.10. The molecule has 0 spiro atoms. The van der Waals surface area contributed by atoms with Crippen molar-refractivity contribution < 1.29 is 9.47 Å². The minimum absolute atomic E-state index is 0. The van der Waals surface area contributed by atoms with Gasteiger partial charge in [-0.25, -0.2) is 9.98 Å². The van der Waals surface area contributed by atoms with Crippen molar-refractivity contribution in [2.75, 3.05) is 14.2 Å². The maximum absolute atomic E-state index is 5.41. The molecule has 1 heterocycles. The van der Waals surface area contributed by atoms with Crippen molar-refractivity contribution in [3.05, 3.63) is 64.9 Å². The molecule has 0 unspecified atom stereocenters. The van der Waals surface area contributed by atoms with Crippen LogP contribution in [0.4, 0.5) is 5.69 Å². The van der Waals surface area contributed by atoms with E-state index in [9.17, 15) is 0 Å². The van der Waals surface area contributed by atoms with Crippen molar-refractivity contribution in [2.45, 2.75) is 20.8 Å². The lowest BCUT2D eigenvalue weighted by atomic mass is 10.1. The molecule has 0 aliphatic carbocycles. The molecule has 3 rings (SSSR count). The molecule has 148 valence electrons. The number of aryl methyl sites for hydroxylation is 4. The summed E-state index contributed by atoms with van der Waals surface area (Å²) in [6.07, 6.45) is 1.78. The van der Waals surface area contributed by atoms with Crippen LogP contribution in [0.3, 0.4) is 0 Å². The predicted molar refractivity (Wildman–Crippen MR) is 115 cm³/mol. The second-order valence-corrected chi connectivity index (χ2v) is 6.67. The highest BCUT2D eigenvalue weighted by atomic mass is 35.5. The summed E-state index contributed by atoms with van der Waals surface area (Å²) < 4.78 is 12.6. The highest BCUT2D eigenvalue weighted by Gasteiger charge is 2.08. The Hall–Kier alpha value is -2.79. The molecular weight excluding hydrogens is 374 g/mol. The number of methoxy groups -OCH3 is 2. The van der Waals surface area contributed by atoms with Gasteiger partial charge in [-0.3, -0.25) is 0 Å². The molecule has 0 radical (unpaired) electrons. The van der Waals surface area contributed by atoms with Crippen molar-refractivity contribution in [1.29, 1.82) is 0 Å². The first-order valence-electron chi connectivity index (χ1n) is 8.80. The molecule has 28 heavy (non-hydrogen) atoms. The third-order valence-corrected chi connectivity index (χ3v) is 4.54. The molecular formula is C22H26ClN3O2. The van der Waals surface area contributed by atoms with Gasteiger partial charge in [-0.2, -0.15) is 0 Å². The van der Waals surface area contributed by atoms with Gasteiger partial charge in [0.25, 0.3) is 0 Å². The minimum Gasteiger partial charge on any atom is -0.493 e. The van der Waals surface area contributed by atoms with Gasteiger partial charge in [0.2, 0.25) is 0 Å². The summed E-state index contributed by atoms with van der Waals surface area (Å²) in [5, 5.41) is 0. The van der Waals surface area contributed by atoms with Gasteiger partial charge in [0.1, 0.15) is 5.49 Å². The molecule has 6 heteroatoms. The molecule has 1 aromatic heterocycles. The normalized spacial score (nSPS) is 11.1. The fourth-order valence-corrected chi connectivity index (χ4v) is 3.20. The van der Waals surface area contributed by atoms with Crippen molar-refractivity contribution in [3.63, 3.8) is 0 Å². The van der Waals surface area contributed by atoms with Crippen LogP contribution in [0.25, 0.3) is 11.3 Å². The molecule has 0 aliphatic heterocycles. The number of rotatable bonds is 4. The number of halogens is 1. The van der Waals surface area contributed by atoms with Gasteiger partial charge in [0.15, 0.2) is 11.5 Å². The second-order valence-electron chi connectivity index (χ2n) is 6.67.